The number of rotatable bonds is 6. The number of amides is 2. The van der Waals surface area contributed by atoms with Gasteiger partial charge in [0.1, 0.15) is 11.4 Å². The van der Waals surface area contributed by atoms with Crippen LogP contribution in [0.1, 0.15) is 55.3 Å². The summed E-state index contributed by atoms with van der Waals surface area (Å²) in [6.45, 7) is 0. The third-order valence-corrected chi connectivity index (χ3v) is 5.36. The molecule has 152 valence electrons. The summed E-state index contributed by atoms with van der Waals surface area (Å²) in [7, 11) is 1.66. The molecule has 0 bridgehead atoms. The normalized spacial score (nSPS) is 24.8. The maximum absolute atomic E-state index is 11.8. The van der Waals surface area contributed by atoms with Crippen LogP contribution in [0.5, 0.6) is 0 Å². The first-order valence-electron chi connectivity index (χ1n) is 9.75. The van der Waals surface area contributed by atoms with E-state index in [0.29, 0.717) is 18.2 Å². The monoisotopic (exact) mass is 388 g/mol. The van der Waals surface area contributed by atoms with E-state index in [1.165, 1.54) is 6.20 Å². The standard InChI is InChI=1S/C19H28N6O3/c1-21-18(28)11-5-7-12(8-6-11)24-19-22-10-15(16(20)27)17(25-19)23-13-3-2-4-14(26)9-13/h3,10-12,14,26H,2,4-9H2,1H3,(H2,20,27)(H,21,28)(H2,22,23,24,25)/t11-,12-,14-/m0/s1. The van der Waals surface area contributed by atoms with Crippen molar-refractivity contribution >= 4 is 23.6 Å². The van der Waals surface area contributed by atoms with Gasteiger partial charge in [0.2, 0.25) is 11.9 Å². The quantitative estimate of drug-likeness (QED) is 0.492. The summed E-state index contributed by atoms with van der Waals surface area (Å²) < 4.78 is 0. The van der Waals surface area contributed by atoms with Crippen LogP contribution in [-0.2, 0) is 4.79 Å². The fourth-order valence-corrected chi connectivity index (χ4v) is 3.76. The van der Waals surface area contributed by atoms with Crippen LogP contribution < -0.4 is 21.7 Å². The Bertz CT molecular complexity index is 758. The predicted molar refractivity (Wildman–Crippen MR) is 106 cm³/mol. The second kappa shape index (κ2) is 9.01. The molecule has 1 aromatic rings. The van der Waals surface area contributed by atoms with Gasteiger partial charge in [0.15, 0.2) is 0 Å². The number of primary amides is 1. The molecule has 2 amide bonds. The van der Waals surface area contributed by atoms with Gasteiger partial charge in [-0.15, -0.1) is 0 Å². The SMILES string of the molecule is CNC(=O)[C@H]1CC[C@H](Nc2ncc(C(N)=O)c(NC3=CCC[C@H](O)C3)n2)CC1. The minimum atomic E-state index is -0.614. The first-order valence-corrected chi connectivity index (χ1v) is 9.75. The summed E-state index contributed by atoms with van der Waals surface area (Å²) in [6, 6.07) is 0.170. The molecule has 9 nitrogen and oxygen atoms in total. The van der Waals surface area contributed by atoms with E-state index < -0.39 is 12.0 Å². The van der Waals surface area contributed by atoms with Gasteiger partial charge in [-0.25, -0.2) is 4.98 Å². The van der Waals surface area contributed by atoms with E-state index >= 15 is 0 Å². The van der Waals surface area contributed by atoms with E-state index in [9.17, 15) is 14.7 Å². The van der Waals surface area contributed by atoms with Crippen LogP contribution in [0, 0.1) is 5.92 Å². The van der Waals surface area contributed by atoms with Crippen molar-refractivity contribution in [3.63, 3.8) is 0 Å². The van der Waals surface area contributed by atoms with E-state index in [0.717, 1.165) is 44.2 Å². The number of nitrogens with one attached hydrogen (secondary N) is 3. The molecule has 0 unspecified atom stereocenters. The van der Waals surface area contributed by atoms with Gasteiger partial charge >= 0.3 is 0 Å². The highest BCUT2D eigenvalue weighted by Crippen LogP contribution is 2.27. The second-order valence-corrected chi connectivity index (χ2v) is 7.42. The van der Waals surface area contributed by atoms with Crippen molar-refractivity contribution < 1.29 is 14.7 Å². The lowest BCUT2D eigenvalue weighted by Crippen LogP contribution is -2.34. The molecule has 6 N–H and O–H groups in total. The molecule has 3 rings (SSSR count). The number of aliphatic hydroxyl groups excluding tert-OH is 1. The van der Waals surface area contributed by atoms with Crippen molar-refractivity contribution in [2.45, 2.75) is 57.1 Å². The van der Waals surface area contributed by atoms with Gasteiger partial charge in [0.05, 0.1) is 6.10 Å². The number of carbonyl (C=O) groups is 2. The van der Waals surface area contributed by atoms with Crippen LogP contribution in [-0.4, -0.2) is 46.1 Å². The number of aromatic nitrogens is 2. The van der Waals surface area contributed by atoms with Crippen LogP contribution in [0.4, 0.5) is 11.8 Å². The second-order valence-electron chi connectivity index (χ2n) is 7.42. The lowest BCUT2D eigenvalue weighted by molar-refractivity contribution is -0.125. The van der Waals surface area contributed by atoms with E-state index in [2.05, 4.69) is 25.9 Å². The Kier molecular flexibility index (Phi) is 6.45. The molecule has 2 aliphatic rings. The molecule has 0 radical (unpaired) electrons. The number of aliphatic hydroxyl groups is 1. The molecule has 0 aliphatic heterocycles. The van der Waals surface area contributed by atoms with Crippen LogP contribution in [0.2, 0.25) is 0 Å². The Hall–Kier alpha value is -2.68. The number of allylic oxidation sites excluding steroid dienone is 1. The Labute approximate surface area is 164 Å². The highest BCUT2D eigenvalue weighted by Gasteiger charge is 2.26. The third-order valence-electron chi connectivity index (χ3n) is 5.36. The van der Waals surface area contributed by atoms with Crippen molar-refractivity contribution in [1.82, 2.24) is 15.3 Å². The molecule has 1 fully saturated rings. The Morgan fingerprint density at radius 3 is 2.61 bits per heavy atom. The maximum atomic E-state index is 11.8. The van der Waals surface area contributed by atoms with Gasteiger partial charge in [0.25, 0.3) is 5.91 Å². The Balaban J connectivity index is 1.68. The molecule has 0 spiro atoms. The number of carbonyl (C=O) groups excluding carboxylic acids is 2. The minimum Gasteiger partial charge on any atom is -0.393 e. The van der Waals surface area contributed by atoms with Crippen LogP contribution in [0.3, 0.4) is 0 Å². The van der Waals surface area contributed by atoms with Gasteiger partial charge in [-0.2, -0.15) is 4.98 Å². The number of nitrogens with two attached hydrogens (primary N) is 1. The summed E-state index contributed by atoms with van der Waals surface area (Å²) in [6.07, 6.45) is 8.29. The molecule has 0 saturated heterocycles. The van der Waals surface area contributed by atoms with Gasteiger partial charge in [0, 0.05) is 37.3 Å². The zero-order valence-corrected chi connectivity index (χ0v) is 16.1. The van der Waals surface area contributed by atoms with Crippen LogP contribution in [0.25, 0.3) is 0 Å². The fraction of sp³-hybridized carbons (Fsp3) is 0.579. The smallest absolute Gasteiger partial charge is 0.254 e. The highest BCUT2D eigenvalue weighted by atomic mass is 16.3. The lowest BCUT2D eigenvalue weighted by Gasteiger charge is -2.28. The van der Waals surface area contributed by atoms with Gasteiger partial charge in [-0.1, -0.05) is 6.08 Å². The number of hydrogen-bond acceptors (Lipinski definition) is 7. The number of anilines is 2. The minimum absolute atomic E-state index is 0.0584. The highest BCUT2D eigenvalue weighted by molar-refractivity contribution is 5.97. The van der Waals surface area contributed by atoms with Crippen molar-refractivity contribution in [2.24, 2.45) is 11.7 Å². The fourth-order valence-electron chi connectivity index (χ4n) is 3.76. The van der Waals surface area contributed by atoms with Crippen molar-refractivity contribution in [2.75, 3.05) is 17.7 Å². The summed E-state index contributed by atoms with van der Waals surface area (Å²) in [5.41, 5.74) is 6.47. The Morgan fingerprint density at radius 2 is 1.96 bits per heavy atom. The Morgan fingerprint density at radius 1 is 1.21 bits per heavy atom. The van der Waals surface area contributed by atoms with Crippen molar-refractivity contribution in [3.05, 3.63) is 23.5 Å². The largest absolute Gasteiger partial charge is 0.393 e. The molecule has 28 heavy (non-hydrogen) atoms. The maximum Gasteiger partial charge on any atom is 0.254 e. The topological polar surface area (TPSA) is 142 Å². The van der Waals surface area contributed by atoms with Crippen molar-refractivity contribution in [3.8, 4) is 0 Å². The summed E-state index contributed by atoms with van der Waals surface area (Å²) >= 11 is 0. The molecule has 1 aromatic heterocycles. The molecular weight excluding hydrogens is 360 g/mol. The van der Waals surface area contributed by atoms with Gasteiger partial charge < -0.3 is 26.8 Å². The van der Waals surface area contributed by atoms with Gasteiger partial charge in [-0.05, 0) is 38.5 Å². The zero-order chi connectivity index (χ0) is 20.1. The average molecular weight is 388 g/mol. The first-order chi connectivity index (χ1) is 13.5. The summed E-state index contributed by atoms with van der Waals surface area (Å²) in [5.74, 6) is 0.285. The first kappa shape index (κ1) is 20.1. The van der Waals surface area contributed by atoms with Gasteiger partial charge in [-0.3, -0.25) is 9.59 Å². The molecule has 0 aromatic carbocycles. The number of hydrogen-bond donors (Lipinski definition) is 5. The molecule has 9 heteroatoms. The predicted octanol–water partition coefficient (Wildman–Crippen LogP) is 1.13. The van der Waals surface area contributed by atoms with Crippen LogP contribution >= 0.6 is 0 Å². The molecule has 1 heterocycles. The summed E-state index contributed by atoms with van der Waals surface area (Å²) in [5, 5.41) is 19.0. The lowest BCUT2D eigenvalue weighted by atomic mass is 9.85. The zero-order valence-electron chi connectivity index (χ0n) is 16.1. The summed E-state index contributed by atoms with van der Waals surface area (Å²) in [4.78, 5) is 32.2. The third kappa shape index (κ3) is 4.98. The van der Waals surface area contributed by atoms with E-state index in [-0.39, 0.29) is 23.4 Å². The van der Waals surface area contributed by atoms with E-state index in [1.807, 2.05) is 6.08 Å². The van der Waals surface area contributed by atoms with Crippen molar-refractivity contribution in [1.29, 1.82) is 0 Å². The molecular formula is C19H28N6O3. The number of nitrogens with zero attached hydrogens (tertiary/aromatic N) is 2. The molecule has 2 aliphatic carbocycles. The van der Waals surface area contributed by atoms with E-state index in [4.69, 9.17) is 5.73 Å². The average Bonchev–Trinajstić information content (AvgIpc) is 2.68. The molecule has 1 saturated carbocycles. The molecule has 1 atom stereocenters. The van der Waals surface area contributed by atoms with E-state index in [1.54, 1.807) is 7.05 Å². The van der Waals surface area contributed by atoms with Crippen LogP contribution in [0.15, 0.2) is 18.0 Å².